The SMILES string of the molecule is COc1ccccc1C(I)(OC)OC. The lowest BCUT2D eigenvalue weighted by Crippen LogP contribution is -2.23. The van der Waals surface area contributed by atoms with E-state index in [-0.39, 0.29) is 0 Å². The molecule has 0 aromatic heterocycles. The van der Waals surface area contributed by atoms with Gasteiger partial charge < -0.3 is 14.2 Å². The summed E-state index contributed by atoms with van der Waals surface area (Å²) in [5.74, 6) is 0.755. The molecule has 1 aromatic rings. The molecular formula is C10H13IO3. The van der Waals surface area contributed by atoms with Crippen molar-refractivity contribution in [1.29, 1.82) is 0 Å². The van der Waals surface area contributed by atoms with Crippen LogP contribution in [0.4, 0.5) is 0 Å². The highest BCUT2D eigenvalue weighted by Crippen LogP contribution is 2.38. The summed E-state index contributed by atoms with van der Waals surface area (Å²) in [5, 5.41) is 0. The molecule has 0 spiro atoms. The second-order valence-electron chi connectivity index (χ2n) is 2.64. The summed E-state index contributed by atoms with van der Waals surface area (Å²) < 4.78 is 15.0. The standard InChI is InChI=1S/C10H13IO3/c1-12-9-7-5-4-6-8(9)10(11,13-2)14-3/h4-7H,1-3H3. The Morgan fingerprint density at radius 2 is 1.64 bits per heavy atom. The van der Waals surface area contributed by atoms with Crippen LogP contribution in [-0.4, -0.2) is 21.3 Å². The van der Waals surface area contributed by atoms with Gasteiger partial charge in [0.2, 0.25) is 0 Å². The molecule has 4 heteroatoms. The van der Waals surface area contributed by atoms with Crippen LogP contribution in [0.1, 0.15) is 5.56 Å². The van der Waals surface area contributed by atoms with Gasteiger partial charge in [-0.25, -0.2) is 0 Å². The minimum atomic E-state index is -0.787. The van der Waals surface area contributed by atoms with E-state index in [1.165, 1.54) is 0 Å². The average molecular weight is 308 g/mol. The molecular weight excluding hydrogens is 295 g/mol. The van der Waals surface area contributed by atoms with E-state index in [9.17, 15) is 0 Å². The van der Waals surface area contributed by atoms with Crippen LogP contribution in [0.25, 0.3) is 0 Å². The zero-order valence-electron chi connectivity index (χ0n) is 8.41. The molecule has 0 bridgehead atoms. The average Bonchev–Trinajstić information content (AvgIpc) is 2.28. The van der Waals surface area contributed by atoms with E-state index < -0.39 is 3.79 Å². The van der Waals surface area contributed by atoms with Crippen LogP contribution in [-0.2, 0) is 13.3 Å². The first-order valence-electron chi connectivity index (χ1n) is 4.10. The highest BCUT2D eigenvalue weighted by molar-refractivity contribution is 14.1. The van der Waals surface area contributed by atoms with Crippen LogP contribution in [0.15, 0.2) is 24.3 Å². The van der Waals surface area contributed by atoms with Crippen molar-refractivity contribution in [3.05, 3.63) is 29.8 Å². The first-order chi connectivity index (χ1) is 6.68. The molecule has 0 aliphatic rings. The lowest BCUT2D eigenvalue weighted by molar-refractivity contribution is -0.125. The summed E-state index contributed by atoms with van der Waals surface area (Å²) >= 11 is 2.09. The maximum Gasteiger partial charge on any atom is 0.251 e. The summed E-state index contributed by atoms with van der Waals surface area (Å²) in [5.41, 5.74) is 0.869. The molecule has 0 aliphatic carbocycles. The van der Waals surface area contributed by atoms with E-state index in [4.69, 9.17) is 14.2 Å². The van der Waals surface area contributed by atoms with Gasteiger partial charge in [-0.2, -0.15) is 0 Å². The fraction of sp³-hybridized carbons (Fsp3) is 0.400. The van der Waals surface area contributed by atoms with Gasteiger partial charge in [0.25, 0.3) is 3.79 Å². The van der Waals surface area contributed by atoms with Crippen LogP contribution in [0.2, 0.25) is 0 Å². The number of benzene rings is 1. The lowest BCUT2D eigenvalue weighted by atomic mass is 10.2. The van der Waals surface area contributed by atoms with E-state index in [0.29, 0.717) is 0 Å². The Balaban J connectivity index is 3.15. The van der Waals surface area contributed by atoms with Gasteiger partial charge in [0, 0.05) is 14.2 Å². The van der Waals surface area contributed by atoms with E-state index in [1.807, 2.05) is 24.3 Å². The van der Waals surface area contributed by atoms with Crippen molar-refractivity contribution in [2.45, 2.75) is 3.79 Å². The van der Waals surface area contributed by atoms with E-state index in [1.54, 1.807) is 21.3 Å². The second kappa shape index (κ2) is 4.95. The molecule has 0 unspecified atom stereocenters. The molecule has 0 saturated carbocycles. The monoisotopic (exact) mass is 308 g/mol. The second-order valence-corrected chi connectivity index (χ2v) is 4.06. The largest absolute Gasteiger partial charge is 0.496 e. The van der Waals surface area contributed by atoms with Crippen LogP contribution < -0.4 is 4.74 Å². The molecule has 0 aliphatic heterocycles. The van der Waals surface area contributed by atoms with Gasteiger partial charge in [-0.3, -0.25) is 0 Å². The molecule has 0 N–H and O–H groups in total. The van der Waals surface area contributed by atoms with Crippen molar-refractivity contribution in [2.75, 3.05) is 21.3 Å². The zero-order valence-corrected chi connectivity index (χ0v) is 10.6. The smallest absolute Gasteiger partial charge is 0.251 e. The molecule has 0 radical (unpaired) electrons. The summed E-state index contributed by atoms with van der Waals surface area (Å²) in [6.07, 6.45) is 0. The van der Waals surface area contributed by atoms with Gasteiger partial charge in [0.1, 0.15) is 5.75 Å². The molecule has 14 heavy (non-hydrogen) atoms. The van der Waals surface area contributed by atoms with Gasteiger partial charge >= 0.3 is 0 Å². The molecule has 0 saturated heterocycles. The topological polar surface area (TPSA) is 27.7 Å². The van der Waals surface area contributed by atoms with Crippen molar-refractivity contribution in [2.24, 2.45) is 0 Å². The van der Waals surface area contributed by atoms with Crippen LogP contribution in [0.5, 0.6) is 5.75 Å². The molecule has 0 atom stereocenters. The van der Waals surface area contributed by atoms with Gasteiger partial charge in [0.05, 0.1) is 12.7 Å². The normalized spacial score (nSPS) is 11.4. The highest BCUT2D eigenvalue weighted by atomic mass is 127. The van der Waals surface area contributed by atoms with Crippen LogP contribution in [0.3, 0.4) is 0 Å². The van der Waals surface area contributed by atoms with Gasteiger partial charge in [-0.15, -0.1) is 0 Å². The number of para-hydroxylation sites is 1. The van der Waals surface area contributed by atoms with E-state index >= 15 is 0 Å². The first-order valence-corrected chi connectivity index (χ1v) is 5.18. The van der Waals surface area contributed by atoms with Gasteiger partial charge in [-0.05, 0) is 34.7 Å². The number of ether oxygens (including phenoxy) is 3. The Morgan fingerprint density at radius 3 is 2.14 bits per heavy atom. The summed E-state index contributed by atoms with van der Waals surface area (Å²) in [7, 11) is 4.83. The minimum absolute atomic E-state index is 0.755. The number of methoxy groups -OCH3 is 3. The Morgan fingerprint density at radius 1 is 1.07 bits per heavy atom. The molecule has 0 amide bonds. The number of alkyl halides is 1. The molecule has 1 rings (SSSR count). The van der Waals surface area contributed by atoms with Crippen molar-refractivity contribution in [1.82, 2.24) is 0 Å². The number of rotatable bonds is 4. The molecule has 1 aromatic carbocycles. The first kappa shape index (κ1) is 11.7. The quantitative estimate of drug-likeness (QED) is 0.486. The fourth-order valence-electron chi connectivity index (χ4n) is 1.19. The number of halogens is 1. The molecule has 0 fully saturated rings. The Hall–Kier alpha value is -0.330. The fourth-order valence-corrected chi connectivity index (χ4v) is 1.64. The van der Waals surface area contributed by atoms with Crippen LogP contribution >= 0.6 is 22.6 Å². The Bertz CT molecular complexity index is 297. The maximum absolute atomic E-state index is 5.30. The van der Waals surface area contributed by atoms with Crippen molar-refractivity contribution < 1.29 is 14.2 Å². The summed E-state index contributed by atoms with van der Waals surface area (Å²) in [6.45, 7) is 0. The van der Waals surface area contributed by atoms with Gasteiger partial charge in [0.15, 0.2) is 0 Å². The molecule has 3 nitrogen and oxygen atoms in total. The predicted octanol–water partition coefficient (Wildman–Crippen LogP) is 2.53. The zero-order chi connectivity index (χ0) is 10.6. The van der Waals surface area contributed by atoms with E-state index in [0.717, 1.165) is 11.3 Å². The van der Waals surface area contributed by atoms with E-state index in [2.05, 4.69) is 22.6 Å². The third kappa shape index (κ3) is 2.18. The molecule has 78 valence electrons. The Kier molecular flexibility index (Phi) is 4.15. The summed E-state index contributed by atoms with van der Waals surface area (Å²) in [6, 6.07) is 7.62. The lowest BCUT2D eigenvalue weighted by Gasteiger charge is -2.26. The van der Waals surface area contributed by atoms with Gasteiger partial charge in [-0.1, -0.05) is 12.1 Å². The minimum Gasteiger partial charge on any atom is -0.496 e. The van der Waals surface area contributed by atoms with Crippen molar-refractivity contribution >= 4 is 22.6 Å². The molecule has 0 heterocycles. The van der Waals surface area contributed by atoms with Crippen molar-refractivity contribution in [3.63, 3.8) is 0 Å². The summed E-state index contributed by atoms with van der Waals surface area (Å²) in [4.78, 5) is 0. The third-order valence-corrected chi connectivity index (χ3v) is 3.42. The maximum atomic E-state index is 5.30. The Labute approximate surface area is 97.5 Å². The third-order valence-electron chi connectivity index (χ3n) is 1.95. The predicted molar refractivity (Wildman–Crippen MR) is 62.7 cm³/mol. The van der Waals surface area contributed by atoms with Crippen LogP contribution in [0, 0.1) is 0 Å². The number of hydrogen-bond acceptors (Lipinski definition) is 3. The highest BCUT2D eigenvalue weighted by Gasteiger charge is 2.31. The van der Waals surface area contributed by atoms with Crippen molar-refractivity contribution in [3.8, 4) is 5.75 Å². The number of hydrogen-bond donors (Lipinski definition) is 0.